The van der Waals surface area contributed by atoms with Crippen LogP contribution in [0.1, 0.15) is 5.69 Å². The molecule has 0 saturated heterocycles. The van der Waals surface area contributed by atoms with E-state index in [1.807, 2.05) is 24.3 Å². The molecule has 2 aromatic carbocycles. The van der Waals surface area contributed by atoms with Crippen molar-refractivity contribution in [3.05, 3.63) is 58.7 Å². The molecule has 1 heterocycles. The number of benzene rings is 2. The molecule has 0 bridgehead atoms. The second-order valence-electron chi connectivity index (χ2n) is 5.05. The van der Waals surface area contributed by atoms with Gasteiger partial charge in [-0.2, -0.15) is 0 Å². The van der Waals surface area contributed by atoms with Gasteiger partial charge >= 0.3 is 0 Å². The van der Waals surface area contributed by atoms with Crippen LogP contribution in [0.5, 0.6) is 5.75 Å². The summed E-state index contributed by atoms with van der Waals surface area (Å²) in [6.45, 7) is 1.68. The maximum Gasteiger partial charge on any atom is 0.227 e. The van der Waals surface area contributed by atoms with Gasteiger partial charge in [0, 0.05) is 4.47 Å². The Morgan fingerprint density at radius 3 is 2.25 bits per heavy atom. The molecule has 0 N–H and O–H groups in total. The van der Waals surface area contributed by atoms with Crippen molar-refractivity contribution >= 4 is 25.8 Å². The second-order valence-corrected chi connectivity index (χ2v) is 7.83. The van der Waals surface area contributed by atoms with Crippen molar-refractivity contribution in [2.45, 2.75) is 16.8 Å². The van der Waals surface area contributed by atoms with Crippen LogP contribution in [0.4, 0.5) is 0 Å². The number of hydrogen-bond acceptors (Lipinski definition) is 5. The van der Waals surface area contributed by atoms with Crippen molar-refractivity contribution in [2.24, 2.45) is 0 Å². The molecule has 8 heteroatoms. The van der Waals surface area contributed by atoms with E-state index in [0.717, 1.165) is 10.2 Å². The van der Waals surface area contributed by atoms with E-state index in [2.05, 4.69) is 26.2 Å². The van der Waals surface area contributed by atoms with Crippen molar-refractivity contribution in [3.63, 3.8) is 0 Å². The highest BCUT2D eigenvalue weighted by Gasteiger charge is 2.25. The summed E-state index contributed by atoms with van der Waals surface area (Å²) in [5.41, 5.74) is 1.19. The fourth-order valence-corrected chi connectivity index (χ4v) is 3.86. The Bertz CT molecular complexity index is 965. The lowest BCUT2D eigenvalue weighted by Crippen LogP contribution is -2.05. The Morgan fingerprint density at radius 1 is 1.04 bits per heavy atom. The van der Waals surface area contributed by atoms with E-state index in [9.17, 15) is 8.42 Å². The zero-order valence-corrected chi connectivity index (χ0v) is 15.4. The smallest absolute Gasteiger partial charge is 0.227 e. The first kappa shape index (κ1) is 16.7. The van der Waals surface area contributed by atoms with Gasteiger partial charge in [0.05, 0.1) is 23.4 Å². The first-order valence-corrected chi connectivity index (χ1v) is 9.28. The molecule has 124 valence electrons. The molecule has 0 aliphatic heterocycles. The molecule has 0 amide bonds. The number of sulfone groups is 1. The quantitative estimate of drug-likeness (QED) is 0.663. The molecule has 3 aromatic rings. The maximum absolute atomic E-state index is 12.8. The van der Waals surface area contributed by atoms with E-state index >= 15 is 0 Å². The molecule has 0 atom stereocenters. The van der Waals surface area contributed by atoms with Crippen LogP contribution in [0, 0.1) is 6.92 Å². The Hall–Kier alpha value is -2.19. The van der Waals surface area contributed by atoms with Crippen LogP contribution in [0.15, 0.2) is 62.9 Å². The summed E-state index contributed by atoms with van der Waals surface area (Å²) in [4.78, 5) is 0.147. The van der Waals surface area contributed by atoms with Crippen LogP contribution in [0.3, 0.4) is 0 Å². The highest BCUT2D eigenvalue weighted by Crippen LogP contribution is 2.25. The molecule has 0 saturated carbocycles. The summed E-state index contributed by atoms with van der Waals surface area (Å²) in [5, 5.41) is 7.82. The average molecular weight is 408 g/mol. The predicted molar refractivity (Wildman–Crippen MR) is 92.2 cm³/mol. The first-order valence-electron chi connectivity index (χ1n) is 7.01. The third-order valence-corrected chi connectivity index (χ3v) is 5.86. The van der Waals surface area contributed by atoms with E-state index < -0.39 is 9.84 Å². The Balaban J connectivity index is 2.04. The molecule has 6 nitrogen and oxygen atoms in total. The second kappa shape index (κ2) is 6.37. The monoisotopic (exact) mass is 407 g/mol. The normalized spacial score (nSPS) is 11.5. The number of aromatic nitrogens is 3. The number of nitrogens with zero attached hydrogens (tertiary/aromatic N) is 3. The maximum atomic E-state index is 12.8. The average Bonchev–Trinajstić information content (AvgIpc) is 2.98. The van der Waals surface area contributed by atoms with Gasteiger partial charge in [0.15, 0.2) is 0 Å². The van der Waals surface area contributed by atoms with Gasteiger partial charge in [-0.1, -0.05) is 21.1 Å². The molecular formula is C16H14BrN3O3S. The van der Waals surface area contributed by atoms with Crippen LogP contribution >= 0.6 is 15.9 Å². The van der Waals surface area contributed by atoms with Crippen LogP contribution in [-0.2, 0) is 9.84 Å². The van der Waals surface area contributed by atoms with Gasteiger partial charge in [-0.3, -0.25) is 0 Å². The fraction of sp³-hybridized carbons (Fsp3) is 0.125. The molecule has 0 unspecified atom stereocenters. The highest BCUT2D eigenvalue weighted by atomic mass is 79.9. The van der Waals surface area contributed by atoms with Crippen LogP contribution < -0.4 is 4.74 Å². The van der Waals surface area contributed by atoms with Crippen LogP contribution in [0.2, 0.25) is 0 Å². The summed E-state index contributed by atoms with van der Waals surface area (Å²) in [6, 6.07) is 13.6. The van der Waals surface area contributed by atoms with E-state index in [1.165, 1.54) is 23.9 Å². The number of halogens is 1. The summed E-state index contributed by atoms with van der Waals surface area (Å²) in [5.74, 6) is 0.587. The minimum Gasteiger partial charge on any atom is -0.497 e. The minimum absolute atomic E-state index is 0.0596. The number of methoxy groups -OCH3 is 1. The lowest BCUT2D eigenvalue weighted by molar-refractivity contribution is 0.414. The zero-order chi connectivity index (χ0) is 17.3. The first-order chi connectivity index (χ1) is 11.4. The summed E-state index contributed by atoms with van der Waals surface area (Å²) < 4.78 is 33.1. The van der Waals surface area contributed by atoms with Crippen LogP contribution in [0.25, 0.3) is 5.69 Å². The SMILES string of the molecule is COc1ccc(S(=O)(=O)c2nnn(-c3ccc(Br)cc3)c2C)cc1. The topological polar surface area (TPSA) is 74.1 Å². The molecular weight excluding hydrogens is 394 g/mol. The molecule has 0 spiro atoms. The third-order valence-electron chi connectivity index (χ3n) is 3.55. The standard InChI is InChI=1S/C16H14BrN3O3S/c1-11-16(18-19-20(11)13-5-3-12(17)4-6-13)24(21,22)15-9-7-14(23-2)8-10-15/h3-10H,1-2H3. The predicted octanol–water partition coefficient (Wildman–Crippen LogP) is 3.18. The summed E-state index contributed by atoms with van der Waals surface area (Å²) in [7, 11) is -2.22. The van der Waals surface area contributed by atoms with Gasteiger partial charge in [-0.25, -0.2) is 13.1 Å². The molecule has 0 fully saturated rings. The van der Waals surface area contributed by atoms with Gasteiger partial charge < -0.3 is 4.74 Å². The molecule has 1 aromatic heterocycles. The lowest BCUT2D eigenvalue weighted by atomic mass is 10.3. The van der Waals surface area contributed by atoms with Crippen molar-refractivity contribution in [1.29, 1.82) is 0 Å². The Labute approximate surface area is 148 Å². The van der Waals surface area contributed by atoms with Crippen molar-refractivity contribution in [1.82, 2.24) is 15.0 Å². The van der Waals surface area contributed by atoms with E-state index in [4.69, 9.17) is 4.74 Å². The van der Waals surface area contributed by atoms with E-state index in [1.54, 1.807) is 19.1 Å². The highest BCUT2D eigenvalue weighted by molar-refractivity contribution is 9.10. The van der Waals surface area contributed by atoms with Gasteiger partial charge in [-0.15, -0.1) is 5.10 Å². The van der Waals surface area contributed by atoms with Gasteiger partial charge in [-0.05, 0) is 55.5 Å². The summed E-state index contributed by atoms with van der Waals surface area (Å²) in [6.07, 6.45) is 0. The Kier molecular flexibility index (Phi) is 4.42. The zero-order valence-electron chi connectivity index (χ0n) is 13.0. The minimum atomic E-state index is -3.75. The van der Waals surface area contributed by atoms with Gasteiger partial charge in [0.1, 0.15) is 5.75 Å². The molecule has 0 aliphatic rings. The van der Waals surface area contributed by atoms with Crippen molar-refractivity contribution < 1.29 is 13.2 Å². The third kappa shape index (κ3) is 2.94. The molecule has 0 aliphatic carbocycles. The Morgan fingerprint density at radius 2 is 1.67 bits per heavy atom. The molecule has 0 radical (unpaired) electrons. The number of hydrogen-bond donors (Lipinski definition) is 0. The van der Waals surface area contributed by atoms with E-state index in [0.29, 0.717) is 11.4 Å². The van der Waals surface area contributed by atoms with Crippen molar-refractivity contribution in [3.8, 4) is 11.4 Å². The molecule has 24 heavy (non-hydrogen) atoms. The number of ether oxygens (including phenoxy) is 1. The molecule has 3 rings (SSSR count). The van der Waals surface area contributed by atoms with Gasteiger partial charge in [0.2, 0.25) is 14.9 Å². The number of rotatable bonds is 4. The van der Waals surface area contributed by atoms with Crippen molar-refractivity contribution in [2.75, 3.05) is 7.11 Å². The summed E-state index contributed by atoms with van der Waals surface area (Å²) >= 11 is 3.36. The van der Waals surface area contributed by atoms with Crippen LogP contribution in [-0.4, -0.2) is 30.5 Å². The lowest BCUT2D eigenvalue weighted by Gasteiger charge is -2.06. The largest absolute Gasteiger partial charge is 0.497 e. The fourth-order valence-electron chi connectivity index (χ4n) is 2.26. The van der Waals surface area contributed by atoms with Gasteiger partial charge in [0.25, 0.3) is 0 Å². The van der Waals surface area contributed by atoms with E-state index in [-0.39, 0.29) is 9.92 Å².